The van der Waals surface area contributed by atoms with E-state index < -0.39 is 17.6 Å². The summed E-state index contributed by atoms with van der Waals surface area (Å²) in [5, 5.41) is 5.48. The minimum atomic E-state index is -0.648. The Kier molecular flexibility index (Phi) is 7.07. The molecule has 2 N–H and O–H groups in total. The molecule has 0 aromatic heterocycles. The lowest BCUT2D eigenvalue weighted by Gasteiger charge is -2.25. The third-order valence-electron chi connectivity index (χ3n) is 3.00. The maximum Gasteiger partial charge on any atom is 0.329 e. The second-order valence-corrected chi connectivity index (χ2v) is 7.03. The van der Waals surface area contributed by atoms with Gasteiger partial charge in [-0.25, -0.2) is 9.59 Å². The molecule has 1 aromatic carbocycles. The topological polar surface area (TPSA) is 67.4 Å². The van der Waals surface area contributed by atoms with Crippen molar-refractivity contribution in [3.63, 3.8) is 0 Å². The molecule has 0 aliphatic heterocycles. The summed E-state index contributed by atoms with van der Waals surface area (Å²) in [7, 11) is 0. The predicted octanol–water partition coefficient (Wildman–Crippen LogP) is 3.24. The van der Waals surface area contributed by atoms with Gasteiger partial charge < -0.3 is 15.4 Å². The van der Waals surface area contributed by atoms with Gasteiger partial charge in [-0.2, -0.15) is 0 Å². The zero-order chi connectivity index (χ0) is 17.5. The van der Waals surface area contributed by atoms with Crippen LogP contribution in [0.15, 0.2) is 30.3 Å². The molecule has 2 amide bonds. The van der Waals surface area contributed by atoms with Gasteiger partial charge in [0.25, 0.3) is 0 Å². The summed E-state index contributed by atoms with van der Waals surface area (Å²) in [6, 6.07) is 8.59. The van der Waals surface area contributed by atoms with Gasteiger partial charge in [0, 0.05) is 6.54 Å². The maximum absolute atomic E-state index is 12.2. The van der Waals surface area contributed by atoms with E-state index in [9.17, 15) is 9.59 Å². The van der Waals surface area contributed by atoms with Gasteiger partial charge in [-0.05, 0) is 38.7 Å². The number of nitrogens with one attached hydrogen (secondary N) is 2. The Morgan fingerprint density at radius 1 is 1.13 bits per heavy atom. The second-order valence-electron chi connectivity index (χ2n) is 7.03. The molecule has 1 aromatic rings. The Bertz CT molecular complexity index is 507. The molecule has 0 saturated heterocycles. The van der Waals surface area contributed by atoms with Gasteiger partial charge in [0.2, 0.25) is 0 Å². The molecule has 0 bridgehead atoms. The Hall–Kier alpha value is -2.04. The van der Waals surface area contributed by atoms with Crippen LogP contribution in [0.25, 0.3) is 0 Å². The molecule has 0 spiro atoms. The first-order chi connectivity index (χ1) is 10.7. The van der Waals surface area contributed by atoms with Crippen LogP contribution in [0.5, 0.6) is 0 Å². The maximum atomic E-state index is 12.2. The van der Waals surface area contributed by atoms with Crippen molar-refractivity contribution in [1.82, 2.24) is 10.6 Å². The summed E-state index contributed by atoms with van der Waals surface area (Å²) in [5.41, 5.74) is 0.425. The molecule has 0 aliphatic rings. The molecular formula is C18H28N2O3. The highest BCUT2D eigenvalue weighted by atomic mass is 16.6. The zero-order valence-electron chi connectivity index (χ0n) is 14.7. The SMILES string of the molecule is CC(C)C[C@H](NC(=O)NCc1ccccc1)C(=O)OC(C)(C)C. The van der Waals surface area contributed by atoms with Crippen LogP contribution in [0, 0.1) is 5.92 Å². The minimum Gasteiger partial charge on any atom is -0.458 e. The van der Waals surface area contributed by atoms with Gasteiger partial charge >= 0.3 is 12.0 Å². The van der Waals surface area contributed by atoms with E-state index in [1.54, 1.807) is 0 Å². The Morgan fingerprint density at radius 2 is 1.74 bits per heavy atom. The summed E-state index contributed by atoms with van der Waals surface area (Å²) >= 11 is 0. The lowest BCUT2D eigenvalue weighted by molar-refractivity contribution is -0.157. The van der Waals surface area contributed by atoms with E-state index in [1.165, 1.54) is 0 Å². The second kappa shape index (κ2) is 8.56. The fourth-order valence-corrected chi connectivity index (χ4v) is 2.05. The van der Waals surface area contributed by atoms with Crippen molar-refractivity contribution in [1.29, 1.82) is 0 Å². The van der Waals surface area contributed by atoms with Crippen molar-refractivity contribution in [3.05, 3.63) is 35.9 Å². The molecule has 0 saturated carbocycles. The number of carbonyl (C=O) groups is 2. The number of esters is 1. The fraction of sp³-hybridized carbons (Fsp3) is 0.556. The Balaban J connectivity index is 2.58. The molecule has 0 unspecified atom stereocenters. The molecule has 5 heteroatoms. The number of ether oxygens (including phenoxy) is 1. The molecule has 0 heterocycles. The number of hydrogen-bond donors (Lipinski definition) is 2. The van der Waals surface area contributed by atoms with Crippen LogP contribution in [0.4, 0.5) is 4.79 Å². The van der Waals surface area contributed by atoms with E-state index in [0.29, 0.717) is 13.0 Å². The van der Waals surface area contributed by atoms with Gasteiger partial charge in [0.05, 0.1) is 0 Å². The van der Waals surface area contributed by atoms with Crippen LogP contribution in [0.2, 0.25) is 0 Å². The standard InChI is InChI=1S/C18H28N2O3/c1-13(2)11-15(16(21)23-18(3,4)5)20-17(22)19-12-14-9-7-6-8-10-14/h6-10,13,15H,11-12H2,1-5H3,(H2,19,20,22)/t15-/m0/s1. The van der Waals surface area contributed by atoms with Crippen molar-refractivity contribution in [2.24, 2.45) is 5.92 Å². The lowest BCUT2D eigenvalue weighted by atomic mass is 10.0. The third kappa shape index (κ3) is 8.24. The highest BCUT2D eigenvalue weighted by molar-refractivity contribution is 5.83. The number of hydrogen-bond acceptors (Lipinski definition) is 3. The van der Waals surface area contributed by atoms with Gasteiger partial charge in [-0.1, -0.05) is 44.2 Å². The van der Waals surface area contributed by atoms with E-state index >= 15 is 0 Å². The van der Waals surface area contributed by atoms with Crippen molar-refractivity contribution >= 4 is 12.0 Å². The average Bonchev–Trinajstić information content (AvgIpc) is 2.43. The lowest BCUT2D eigenvalue weighted by Crippen LogP contribution is -2.48. The van der Waals surface area contributed by atoms with Gasteiger partial charge in [-0.15, -0.1) is 0 Å². The highest BCUT2D eigenvalue weighted by Crippen LogP contribution is 2.12. The van der Waals surface area contributed by atoms with E-state index in [4.69, 9.17) is 4.74 Å². The van der Waals surface area contributed by atoms with E-state index in [0.717, 1.165) is 5.56 Å². The number of amides is 2. The minimum absolute atomic E-state index is 0.266. The molecule has 1 atom stereocenters. The van der Waals surface area contributed by atoms with Crippen LogP contribution in [-0.4, -0.2) is 23.6 Å². The van der Waals surface area contributed by atoms with Gasteiger partial charge in [0.1, 0.15) is 11.6 Å². The van der Waals surface area contributed by atoms with Crippen LogP contribution >= 0.6 is 0 Å². The summed E-state index contributed by atoms with van der Waals surface area (Å²) in [6.07, 6.45) is 0.535. The van der Waals surface area contributed by atoms with Crippen LogP contribution in [0.3, 0.4) is 0 Å². The highest BCUT2D eigenvalue weighted by Gasteiger charge is 2.27. The first-order valence-electron chi connectivity index (χ1n) is 7.98. The van der Waals surface area contributed by atoms with Gasteiger partial charge in [-0.3, -0.25) is 0 Å². The van der Waals surface area contributed by atoms with Crippen LogP contribution in [0.1, 0.15) is 46.6 Å². The Morgan fingerprint density at radius 3 is 2.26 bits per heavy atom. The first-order valence-corrected chi connectivity index (χ1v) is 7.98. The molecule has 1 rings (SSSR count). The quantitative estimate of drug-likeness (QED) is 0.791. The summed E-state index contributed by atoms with van der Waals surface area (Å²) < 4.78 is 5.38. The van der Waals surface area contributed by atoms with Gasteiger partial charge in [0.15, 0.2) is 0 Å². The van der Waals surface area contributed by atoms with Crippen molar-refractivity contribution < 1.29 is 14.3 Å². The van der Waals surface area contributed by atoms with E-state index in [-0.39, 0.29) is 11.9 Å². The zero-order valence-corrected chi connectivity index (χ0v) is 14.7. The Labute approximate surface area is 138 Å². The largest absolute Gasteiger partial charge is 0.458 e. The van der Waals surface area contributed by atoms with Crippen LogP contribution in [-0.2, 0) is 16.1 Å². The van der Waals surface area contributed by atoms with Crippen molar-refractivity contribution in [2.75, 3.05) is 0 Å². The molecule has 0 fully saturated rings. The smallest absolute Gasteiger partial charge is 0.329 e. The molecule has 23 heavy (non-hydrogen) atoms. The monoisotopic (exact) mass is 320 g/mol. The molecule has 5 nitrogen and oxygen atoms in total. The molecule has 0 aliphatic carbocycles. The van der Waals surface area contributed by atoms with Crippen molar-refractivity contribution in [2.45, 2.75) is 59.2 Å². The molecule has 128 valence electrons. The number of benzene rings is 1. The normalized spacial score (nSPS) is 12.6. The summed E-state index contributed by atoms with van der Waals surface area (Å²) in [6.45, 7) is 9.85. The first kappa shape index (κ1) is 19.0. The van der Waals surface area contributed by atoms with Crippen molar-refractivity contribution in [3.8, 4) is 0 Å². The number of rotatable bonds is 6. The number of urea groups is 1. The number of carbonyl (C=O) groups excluding carboxylic acids is 2. The average molecular weight is 320 g/mol. The third-order valence-corrected chi connectivity index (χ3v) is 3.00. The predicted molar refractivity (Wildman–Crippen MR) is 90.9 cm³/mol. The fourth-order valence-electron chi connectivity index (χ4n) is 2.05. The summed E-state index contributed by atoms with van der Waals surface area (Å²) in [4.78, 5) is 24.3. The molecule has 0 radical (unpaired) electrons. The molecular weight excluding hydrogens is 292 g/mol. The van der Waals surface area contributed by atoms with E-state index in [2.05, 4.69) is 10.6 Å². The van der Waals surface area contributed by atoms with Crippen LogP contribution < -0.4 is 10.6 Å². The summed E-state index contributed by atoms with van der Waals surface area (Å²) in [5.74, 6) is -0.136. The van der Waals surface area contributed by atoms with E-state index in [1.807, 2.05) is 65.0 Å².